The number of likely N-dealkylation sites (tertiary alicyclic amines) is 1. The molecular formula is C13H23NO2. The summed E-state index contributed by atoms with van der Waals surface area (Å²) in [6.45, 7) is 3.57. The summed E-state index contributed by atoms with van der Waals surface area (Å²) in [6.07, 6.45) is 8.12. The second-order valence-electron chi connectivity index (χ2n) is 5.33. The average Bonchev–Trinajstić information content (AvgIpc) is 2.79. The van der Waals surface area contributed by atoms with Crippen LogP contribution in [-0.2, 0) is 4.79 Å². The van der Waals surface area contributed by atoms with E-state index in [0.29, 0.717) is 5.92 Å². The maximum absolute atomic E-state index is 11.1. The lowest BCUT2D eigenvalue weighted by Crippen LogP contribution is -2.30. The maximum atomic E-state index is 11.1. The van der Waals surface area contributed by atoms with Gasteiger partial charge < -0.3 is 10.0 Å². The van der Waals surface area contributed by atoms with Gasteiger partial charge in [0.25, 0.3) is 0 Å². The monoisotopic (exact) mass is 225 g/mol. The predicted octanol–water partition coefficient (Wildman–Crippen LogP) is 2.36. The van der Waals surface area contributed by atoms with Gasteiger partial charge in [-0.3, -0.25) is 4.79 Å². The molecule has 0 spiro atoms. The van der Waals surface area contributed by atoms with Crippen molar-refractivity contribution in [1.82, 2.24) is 4.90 Å². The third-order valence-corrected chi connectivity index (χ3v) is 4.24. The smallest absolute Gasteiger partial charge is 0.306 e. The lowest BCUT2D eigenvalue weighted by Gasteiger charge is -2.29. The number of hydrogen-bond donors (Lipinski definition) is 1. The number of carboxylic acids is 1. The Hall–Kier alpha value is -0.570. The van der Waals surface area contributed by atoms with Crippen LogP contribution in [0.4, 0.5) is 0 Å². The molecule has 1 aliphatic carbocycles. The Morgan fingerprint density at radius 1 is 1.12 bits per heavy atom. The molecule has 16 heavy (non-hydrogen) atoms. The third kappa shape index (κ3) is 2.97. The van der Waals surface area contributed by atoms with Gasteiger partial charge in [0.1, 0.15) is 0 Å². The highest BCUT2D eigenvalue weighted by Crippen LogP contribution is 2.32. The van der Waals surface area contributed by atoms with Gasteiger partial charge in [0.2, 0.25) is 0 Å². The Bertz CT molecular complexity index is 236. The van der Waals surface area contributed by atoms with Crippen molar-refractivity contribution < 1.29 is 9.90 Å². The molecule has 0 aromatic heterocycles. The first-order valence-electron chi connectivity index (χ1n) is 6.72. The molecule has 0 aromatic rings. The van der Waals surface area contributed by atoms with Gasteiger partial charge in [-0.2, -0.15) is 0 Å². The van der Waals surface area contributed by atoms with E-state index in [-0.39, 0.29) is 5.92 Å². The van der Waals surface area contributed by atoms with Crippen LogP contribution >= 0.6 is 0 Å². The first kappa shape index (κ1) is 11.9. The van der Waals surface area contributed by atoms with Gasteiger partial charge in [-0.05, 0) is 57.7 Å². The number of carbonyl (C=O) groups is 1. The standard InChI is InChI=1S/C13H23NO2/c15-13(16)12-6-2-1-5-11(12)7-10-14-8-3-4-9-14/h11-12H,1-10H2,(H,15,16). The Morgan fingerprint density at radius 2 is 1.81 bits per heavy atom. The molecule has 1 heterocycles. The van der Waals surface area contributed by atoms with Gasteiger partial charge in [0, 0.05) is 0 Å². The molecular weight excluding hydrogens is 202 g/mol. The van der Waals surface area contributed by atoms with Gasteiger partial charge in [0.15, 0.2) is 0 Å². The predicted molar refractivity (Wildman–Crippen MR) is 63.4 cm³/mol. The molecule has 2 atom stereocenters. The summed E-state index contributed by atoms with van der Waals surface area (Å²) in [5.41, 5.74) is 0. The van der Waals surface area contributed by atoms with Crippen LogP contribution in [0.3, 0.4) is 0 Å². The molecule has 0 amide bonds. The van der Waals surface area contributed by atoms with Gasteiger partial charge in [-0.15, -0.1) is 0 Å². The highest BCUT2D eigenvalue weighted by atomic mass is 16.4. The molecule has 92 valence electrons. The normalized spacial score (nSPS) is 31.8. The zero-order valence-corrected chi connectivity index (χ0v) is 10.0. The van der Waals surface area contributed by atoms with Gasteiger partial charge >= 0.3 is 5.97 Å². The Balaban J connectivity index is 1.78. The molecule has 0 bridgehead atoms. The highest BCUT2D eigenvalue weighted by Gasteiger charge is 2.30. The lowest BCUT2D eigenvalue weighted by molar-refractivity contribution is -0.145. The zero-order chi connectivity index (χ0) is 11.4. The van der Waals surface area contributed by atoms with Crippen molar-refractivity contribution in [2.45, 2.75) is 44.9 Å². The molecule has 3 nitrogen and oxygen atoms in total. The fourth-order valence-corrected chi connectivity index (χ4v) is 3.23. The molecule has 2 unspecified atom stereocenters. The SMILES string of the molecule is O=C(O)C1CCCCC1CCN1CCCC1. The molecule has 1 saturated carbocycles. The molecule has 0 aromatic carbocycles. The topological polar surface area (TPSA) is 40.5 Å². The molecule has 2 aliphatic rings. The fourth-order valence-electron chi connectivity index (χ4n) is 3.23. The van der Waals surface area contributed by atoms with Crippen molar-refractivity contribution in [1.29, 1.82) is 0 Å². The summed E-state index contributed by atoms with van der Waals surface area (Å²) in [7, 11) is 0. The van der Waals surface area contributed by atoms with Crippen molar-refractivity contribution in [3.8, 4) is 0 Å². The van der Waals surface area contributed by atoms with E-state index in [1.807, 2.05) is 0 Å². The summed E-state index contributed by atoms with van der Waals surface area (Å²) in [5.74, 6) is -0.186. The van der Waals surface area contributed by atoms with E-state index in [1.54, 1.807) is 0 Å². The van der Waals surface area contributed by atoms with Gasteiger partial charge in [-0.25, -0.2) is 0 Å². The molecule has 2 fully saturated rings. The summed E-state index contributed by atoms with van der Waals surface area (Å²) in [5, 5.41) is 9.19. The fraction of sp³-hybridized carbons (Fsp3) is 0.923. The average molecular weight is 225 g/mol. The van der Waals surface area contributed by atoms with Crippen molar-refractivity contribution >= 4 is 5.97 Å². The molecule has 1 aliphatic heterocycles. The van der Waals surface area contributed by atoms with Crippen molar-refractivity contribution in [3.63, 3.8) is 0 Å². The van der Waals surface area contributed by atoms with Crippen LogP contribution in [0.25, 0.3) is 0 Å². The molecule has 1 saturated heterocycles. The number of rotatable bonds is 4. The third-order valence-electron chi connectivity index (χ3n) is 4.24. The molecule has 2 rings (SSSR count). The second kappa shape index (κ2) is 5.67. The Morgan fingerprint density at radius 3 is 2.50 bits per heavy atom. The minimum Gasteiger partial charge on any atom is -0.481 e. The van der Waals surface area contributed by atoms with Crippen LogP contribution in [-0.4, -0.2) is 35.6 Å². The van der Waals surface area contributed by atoms with Crippen LogP contribution in [0.5, 0.6) is 0 Å². The summed E-state index contributed by atoms with van der Waals surface area (Å²) in [6, 6.07) is 0. The van der Waals surface area contributed by atoms with Gasteiger partial charge in [-0.1, -0.05) is 12.8 Å². The van der Waals surface area contributed by atoms with E-state index in [2.05, 4.69) is 4.90 Å². The summed E-state index contributed by atoms with van der Waals surface area (Å²) < 4.78 is 0. The largest absolute Gasteiger partial charge is 0.481 e. The highest BCUT2D eigenvalue weighted by molar-refractivity contribution is 5.70. The van der Waals surface area contributed by atoms with Crippen molar-refractivity contribution in [2.75, 3.05) is 19.6 Å². The molecule has 0 radical (unpaired) electrons. The number of nitrogens with zero attached hydrogens (tertiary/aromatic N) is 1. The Labute approximate surface area is 97.8 Å². The quantitative estimate of drug-likeness (QED) is 0.798. The van der Waals surface area contributed by atoms with Crippen molar-refractivity contribution in [2.24, 2.45) is 11.8 Å². The first-order chi connectivity index (χ1) is 7.77. The van der Waals surface area contributed by atoms with E-state index in [1.165, 1.54) is 32.4 Å². The lowest BCUT2D eigenvalue weighted by atomic mass is 9.77. The second-order valence-corrected chi connectivity index (χ2v) is 5.33. The van der Waals surface area contributed by atoms with E-state index >= 15 is 0 Å². The number of aliphatic carboxylic acids is 1. The van der Waals surface area contributed by atoms with Crippen molar-refractivity contribution in [3.05, 3.63) is 0 Å². The van der Waals surface area contributed by atoms with E-state index in [0.717, 1.165) is 32.2 Å². The molecule has 3 heteroatoms. The number of hydrogen-bond acceptors (Lipinski definition) is 2. The summed E-state index contributed by atoms with van der Waals surface area (Å²) >= 11 is 0. The van der Waals surface area contributed by atoms with E-state index < -0.39 is 5.97 Å². The minimum absolute atomic E-state index is 0.0589. The summed E-state index contributed by atoms with van der Waals surface area (Å²) in [4.78, 5) is 13.6. The maximum Gasteiger partial charge on any atom is 0.306 e. The van der Waals surface area contributed by atoms with E-state index in [9.17, 15) is 9.90 Å². The Kier molecular flexibility index (Phi) is 4.22. The minimum atomic E-state index is -0.564. The first-order valence-corrected chi connectivity index (χ1v) is 6.72. The molecule has 1 N–H and O–H groups in total. The van der Waals surface area contributed by atoms with Crippen LogP contribution < -0.4 is 0 Å². The number of carboxylic acid groups (broad SMARTS) is 1. The van der Waals surface area contributed by atoms with Crippen LogP contribution in [0.1, 0.15) is 44.9 Å². The zero-order valence-electron chi connectivity index (χ0n) is 10.0. The van der Waals surface area contributed by atoms with Gasteiger partial charge in [0.05, 0.1) is 5.92 Å². The van der Waals surface area contributed by atoms with Crippen LogP contribution in [0, 0.1) is 11.8 Å². The van der Waals surface area contributed by atoms with Crippen LogP contribution in [0.2, 0.25) is 0 Å². The van der Waals surface area contributed by atoms with E-state index in [4.69, 9.17) is 0 Å². The van der Waals surface area contributed by atoms with Crippen LogP contribution in [0.15, 0.2) is 0 Å².